The van der Waals surface area contributed by atoms with Gasteiger partial charge in [-0.15, -0.1) is 0 Å². The van der Waals surface area contributed by atoms with Gasteiger partial charge < -0.3 is 10.0 Å². The third kappa shape index (κ3) is 3.42. The Balaban J connectivity index is 2.60. The number of nitrogens with zero attached hydrogens (tertiary/aromatic N) is 2. The van der Waals surface area contributed by atoms with E-state index >= 15 is 0 Å². The molecule has 0 saturated carbocycles. The molecule has 10 heteroatoms. The molecule has 25 heavy (non-hydrogen) atoms. The molecule has 1 N–H and O–H groups in total. The summed E-state index contributed by atoms with van der Waals surface area (Å²) in [6.07, 6.45) is -13.5. The lowest BCUT2D eigenvalue weighted by Gasteiger charge is -2.31. The van der Waals surface area contributed by atoms with Crippen LogP contribution in [0, 0.1) is 18.3 Å². The fourth-order valence-electron chi connectivity index (χ4n) is 2.96. The summed E-state index contributed by atoms with van der Waals surface area (Å²) in [5.74, 6) is -0.825. The molecule has 1 unspecified atom stereocenters. The van der Waals surface area contributed by atoms with Gasteiger partial charge in [0.15, 0.2) is 6.10 Å². The van der Waals surface area contributed by atoms with Gasteiger partial charge in [0, 0.05) is 12.1 Å². The van der Waals surface area contributed by atoms with Gasteiger partial charge >= 0.3 is 12.4 Å². The van der Waals surface area contributed by atoms with Crippen LogP contribution in [0.2, 0.25) is 0 Å². The highest BCUT2D eigenvalue weighted by Crippen LogP contribution is 2.41. The standard InChI is InChI=1S/C15H12F6N2O2/c1-7-9(3-2-8(6-22)12(7)14(16,17)18)23-10(4-5-11(23)24)13(25)15(19,20)21/h2-3,10,13,25H,4-5H2,1H3/t10?,13-/m0/s1. The van der Waals surface area contributed by atoms with Crippen molar-refractivity contribution in [2.45, 2.75) is 44.3 Å². The quantitative estimate of drug-likeness (QED) is 0.817. The van der Waals surface area contributed by atoms with E-state index in [1.54, 1.807) is 0 Å². The van der Waals surface area contributed by atoms with E-state index in [9.17, 15) is 36.2 Å². The van der Waals surface area contributed by atoms with Crippen molar-refractivity contribution in [3.05, 3.63) is 28.8 Å². The minimum absolute atomic E-state index is 0.335. The molecular formula is C15H12F6N2O2. The average molecular weight is 366 g/mol. The Hall–Kier alpha value is -2.28. The second-order valence-electron chi connectivity index (χ2n) is 5.60. The maximum Gasteiger partial charge on any atom is 0.418 e. The Labute approximate surface area is 138 Å². The van der Waals surface area contributed by atoms with Crippen molar-refractivity contribution in [1.29, 1.82) is 5.26 Å². The van der Waals surface area contributed by atoms with E-state index in [-0.39, 0.29) is 12.8 Å². The number of hydrogen-bond acceptors (Lipinski definition) is 3. The highest BCUT2D eigenvalue weighted by molar-refractivity contribution is 5.97. The lowest BCUT2D eigenvalue weighted by molar-refractivity contribution is -0.209. The third-order valence-corrected chi connectivity index (χ3v) is 4.05. The predicted molar refractivity (Wildman–Crippen MR) is 73.5 cm³/mol. The number of benzene rings is 1. The van der Waals surface area contributed by atoms with Gasteiger partial charge in [0.25, 0.3) is 0 Å². The number of halogens is 6. The number of aliphatic hydroxyl groups is 1. The number of carbonyl (C=O) groups excluding carboxylic acids is 1. The maximum absolute atomic E-state index is 13.2. The first-order valence-corrected chi connectivity index (χ1v) is 7.07. The van der Waals surface area contributed by atoms with Crippen LogP contribution in [0.1, 0.15) is 29.5 Å². The Morgan fingerprint density at radius 1 is 1.28 bits per heavy atom. The fraction of sp³-hybridized carbons (Fsp3) is 0.467. The van der Waals surface area contributed by atoms with Gasteiger partial charge in [0.1, 0.15) is 0 Å². The zero-order valence-corrected chi connectivity index (χ0v) is 12.7. The second-order valence-corrected chi connectivity index (χ2v) is 5.60. The van der Waals surface area contributed by atoms with Gasteiger partial charge in [-0.05, 0) is 31.0 Å². The maximum atomic E-state index is 13.2. The van der Waals surface area contributed by atoms with Crippen LogP contribution in [0.5, 0.6) is 0 Å². The summed E-state index contributed by atoms with van der Waals surface area (Å²) in [7, 11) is 0. The van der Waals surface area contributed by atoms with E-state index in [0.717, 1.165) is 19.1 Å². The van der Waals surface area contributed by atoms with E-state index in [1.165, 1.54) is 6.07 Å². The first kappa shape index (κ1) is 19.1. The van der Waals surface area contributed by atoms with Gasteiger partial charge in [-0.3, -0.25) is 4.79 Å². The normalized spacial score (nSPS) is 19.9. The Morgan fingerprint density at radius 3 is 2.36 bits per heavy atom. The molecule has 1 heterocycles. The number of amides is 1. The lowest BCUT2D eigenvalue weighted by atomic mass is 9.98. The summed E-state index contributed by atoms with van der Waals surface area (Å²) >= 11 is 0. The van der Waals surface area contributed by atoms with E-state index in [2.05, 4.69) is 0 Å². The molecule has 1 fully saturated rings. The monoisotopic (exact) mass is 366 g/mol. The van der Waals surface area contributed by atoms with Gasteiger partial charge in [0.2, 0.25) is 5.91 Å². The molecule has 1 amide bonds. The summed E-state index contributed by atoms with van der Waals surface area (Å²) in [6, 6.07) is 1.44. The average Bonchev–Trinajstić information content (AvgIpc) is 2.85. The number of hydrogen-bond donors (Lipinski definition) is 1. The van der Waals surface area contributed by atoms with Crippen molar-refractivity contribution in [1.82, 2.24) is 0 Å². The molecule has 0 bridgehead atoms. The van der Waals surface area contributed by atoms with Crippen molar-refractivity contribution in [3.63, 3.8) is 0 Å². The Kier molecular flexibility index (Phi) is 4.74. The van der Waals surface area contributed by atoms with Crippen LogP contribution in [0.25, 0.3) is 0 Å². The van der Waals surface area contributed by atoms with Crippen LogP contribution in [0.15, 0.2) is 12.1 Å². The summed E-state index contributed by atoms with van der Waals surface area (Å²) in [5.41, 5.74) is -2.95. The zero-order chi connectivity index (χ0) is 19.2. The van der Waals surface area contributed by atoms with Crippen molar-refractivity contribution < 1.29 is 36.2 Å². The molecule has 0 spiro atoms. The van der Waals surface area contributed by atoms with Crippen molar-refractivity contribution in [2.75, 3.05) is 4.90 Å². The molecule has 0 aromatic heterocycles. The minimum atomic E-state index is -5.03. The van der Waals surface area contributed by atoms with Crippen molar-refractivity contribution in [2.24, 2.45) is 0 Å². The van der Waals surface area contributed by atoms with Crippen LogP contribution in [0.3, 0.4) is 0 Å². The highest BCUT2D eigenvalue weighted by atomic mass is 19.4. The van der Waals surface area contributed by atoms with Crippen molar-refractivity contribution >= 4 is 11.6 Å². The SMILES string of the molecule is Cc1c(N2C(=O)CCC2[C@H](O)C(F)(F)F)ccc(C#N)c1C(F)(F)F. The molecule has 0 radical (unpaired) electrons. The van der Waals surface area contributed by atoms with E-state index in [1.807, 2.05) is 0 Å². The molecule has 2 rings (SSSR count). The molecule has 1 aromatic carbocycles. The summed E-state index contributed by atoms with van der Waals surface area (Å²) < 4.78 is 78.0. The molecule has 1 saturated heterocycles. The van der Waals surface area contributed by atoms with Crippen LogP contribution < -0.4 is 4.90 Å². The molecule has 1 aromatic rings. The zero-order valence-electron chi connectivity index (χ0n) is 12.7. The van der Waals surface area contributed by atoms with E-state index in [0.29, 0.717) is 4.90 Å². The molecule has 4 nitrogen and oxygen atoms in total. The first-order chi connectivity index (χ1) is 11.4. The molecule has 1 aliphatic heterocycles. The first-order valence-electron chi connectivity index (χ1n) is 7.07. The summed E-state index contributed by atoms with van der Waals surface area (Å²) in [5, 5.41) is 18.3. The van der Waals surface area contributed by atoms with Crippen LogP contribution >= 0.6 is 0 Å². The van der Waals surface area contributed by atoms with E-state index < -0.39 is 52.8 Å². The highest BCUT2D eigenvalue weighted by Gasteiger charge is 2.50. The fourth-order valence-corrected chi connectivity index (χ4v) is 2.96. The van der Waals surface area contributed by atoms with Crippen LogP contribution in [-0.2, 0) is 11.0 Å². The minimum Gasteiger partial charge on any atom is -0.382 e. The van der Waals surface area contributed by atoms with Crippen LogP contribution in [-0.4, -0.2) is 29.3 Å². The van der Waals surface area contributed by atoms with Gasteiger partial charge in [0.05, 0.1) is 23.2 Å². The second kappa shape index (κ2) is 6.22. The van der Waals surface area contributed by atoms with Gasteiger partial charge in [-0.1, -0.05) is 0 Å². The number of carbonyl (C=O) groups is 1. The number of rotatable bonds is 2. The third-order valence-electron chi connectivity index (χ3n) is 4.05. The molecule has 2 atom stereocenters. The molecule has 136 valence electrons. The number of aliphatic hydroxyl groups excluding tert-OH is 1. The molecular weight excluding hydrogens is 354 g/mol. The number of anilines is 1. The number of alkyl halides is 6. The van der Waals surface area contributed by atoms with Crippen LogP contribution in [0.4, 0.5) is 32.0 Å². The van der Waals surface area contributed by atoms with Gasteiger partial charge in [-0.2, -0.15) is 31.6 Å². The summed E-state index contributed by atoms with van der Waals surface area (Å²) in [6.45, 7) is 0.974. The lowest BCUT2D eigenvalue weighted by Crippen LogP contribution is -2.48. The Bertz CT molecular complexity index is 735. The van der Waals surface area contributed by atoms with Gasteiger partial charge in [-0.25, -0.2) is 0 Å². The van der Waals surface area contributed by atoms with Crippen molar-refractivity contribution in [3.8, 4) is 6.07 Å². The largest absolute Gasteiger partial charge is 0.418 e. The molecule has 1 aliphatic rings. The topological polar surface area (TPSA) is 64.3 Å². The Morgan fingerprint density at radius 2 is 1.88 bits per heavy atom. The molecule has 0 aliphatic carbocycles. The number of nitriles is 1. The van der Waals surface area contributed by atoms with E-state index in [4.69, 9.17) is 5.26 Å². The smallest absolute Gasteiger partial charge is 0.382 e. The summed E-state index contributed by atoms with van der Waals surface area (Å²) in [4.78, 5) is 12.5. The predicted octanol–water partition coefficient (Wildman–Crippen LogP) is 3.30.